The molecule has 110 valence electrons. The van der Waals surface area contributed by atoms with Crippen molar-refractivity contribution < 1.29 is 4.79 Å². The maximum absolute atomic E-state index is 12.3. The van der Waals surface area contributed by atoms with Crippen molar-refractivity contribution in [1.82, 2.24) is 4.98 Å². The van der Waals surface area contributed by atoms with Gasteiger partial charge in [-0.3, -0.25) is 4.79 Å². The van der Waals surface area contributed by atoms with Crippen molar-refractivity contribution in [1.29, 1.82) is 0 Å². The number of nitrogens with one attached hydrogen (secondary N) is 2. The standard InChI is InChI=1S/C14H15BrN4OS/c1-7-4-8(15)6-10(5-7)17-13(20)11-12(16)19-14(21-11)18-9-2-3-9/h4-6,9H,2-3,16H2,1H3,(H,17,20)(H,18,19). The Kier molecular flexibility index (Phi) is 3.86. The van der Waals surface area contributed by atoms with E-state index in [1.54, 1.807) is 0 Å². The Hall–Kier alpha value is -1.60. The molecule has 1 aliphatic carbocycles. The third kappa shape index (κ3) is 3.54. The number of carbonyl (C=O) groups excluding carboxylic acids is 1. The maximum Gasteiger partial charge on any atom is 0.269 e. The quantitative estimate of drug-likeness (QED) is 0.771. The Morgan fingerprint density at radius 3 is 2.86 bits per heavy atom. The minimum Gasteiger partial charge on any atom is -0.382 e. The highest BCUT2D eigenvalue weighted by Crippen LogP contribution is 2.31. The van der Waals surface area contributed by atoms with Gasteiger partial charge in [-0.05, 0) is 43.5 Å². The van der Waals surface area contributed by atoms with Gasteiger partial charge in [-0.15, -0.1) is 0 Å². The highest BCUT2D eigenvalue weighted by molar-refractivity contribution is 9.10. The molecule has 0 radical (unpaired) electrons. The molecule has 0 atom stereocenters. The SMILES string of the molecule is Cc1cc(Br)cc(NC(=O)c2sc(NC3CC3)nc2N)c1. The average Bonchev–Trinajstić information content (AvgIpc) is 3.10. The van der Waals surface area contributed by atoms with E-state index in [0.717, 1.165) is 28.6 Å². The van der Waals surface area contributed by atoms with Gasteiger partial charge in [0.05, 0.1) is 0 Å². The van der Waals surface area contributed by atoms with Crippen LogP contribution < -0.4 is 16.4 Å². The number of thiazole rings is 1. The van der Waals surface area contributed by atoms with Crippen LogP contribution in [0.15, 0.2) is 22.7 Å². The summed E-state index contributed by atoms with van der Waals surface area (Å²) >= 11 is 4.71. The molecule has 3 rings (SSSR count). The van der Waals surface area contributed by atoms with Crippen molar-refractivity contribution in [3.8, 4) is 0 Å². The summed E-state index contributed by atoms with van der Waals surface area (Å²) in [5.41, 5.74) is 7.64. The van der Waals surface area contributed by atoms with Gasteiger partial charge in [-0.25, -0.2) is 4.98 Å². The zero-order valence-corrected chi connectivity index (χ0v) is 13.8. The van der Waals surface area contributed by atoms with Crippen LogP contribution in [0.2, 0.25) is 0 Å². The molecule has 0 unspecified atom stereocenters. The topological polar surface area (TPSA) is 80.0 Å². The molecule has 2 aromatic rings. The molecular formula is C14H15BrN4OS. The lowest BCUT2D eigenvalue weighted by Gasteiger charge is -2.06. The Balaban J connectivity index is 1.76. The Bertz CT molecular complexity index is 676. The Labute approximate surface area is 135 Å². The normalized spacial score (nSPS) is 14.0. The lowest BCUT2D eigenvalue weighted by atomic mass is 10.2. The van der Waals surface area contributed by atoms with Gasteiger partial charge >= 0.3 is 0 Å². The van der Waals surface area contributed by atoms with E-state index in [1.165, 1.54) is 11.3 Å². The highest BCUT2D eigenvalue weighted by Gasteiger charge is 2.24. The lowest BCUT2D eigenvalue weighted by Crippen LogP contribution is -2.12. The minimum atomic E-state index is -0.230. The first kappa shape index (κ1) is 14.3. The molecule has 1 aromatic heterocycles. The van der Waals surface area contributed by atoms with Crippen molar-refractivity contribution in [3.05, 3.63) is 33.1 Å². The number of hydrogen-bond donors (Lipinski definition) is 3. The summed E-state index contributed by atoms with van der Waals surface area (Å²) in [5, 5.41) is 6.82. The molecule has 1 aliphatic rings. The molecular weight excluding hydrogens is 352 g/mol. The van der Waals surface area contributed by atoms with E-state index in [-0.39, 0.29) is 11.7 Å². The number of nitrogens with zero attached hydrogens (tertiary/aromatic N) is 1. The van der Waals surface area contributed by atoms with Crippen molar-refractivity contribution in [2.45, 2.75) is 25.8 Å². The van der Waals surface area contributed by atoms with Gasteiger partial charge in [0.1, 0.15) is 10.7 Å². The number of anilines is 3. The number of carbonyl (C=O) groups is 1. The summed E-state index contributed by atoms with van der Waals surface area (Å²) in [4.78, 5) is 17.0. The number of halogens is 1. The number of hydrogen-bond acceptors (Lipinski definition) is 5. The first-order valence-corrected chi connectivity index (χ1v) is 8.23. The van der Waals surface area contributed by atoms with Crippen LogP contribution in [0.1, 0.15) is 28.1 Å². The number of nitrogen functional groups attached to an aromatic ring is 1. The van der Waals surface area contributed by atoms with Crippen molar-refractivity contribution in [2.24, 2.45) is 0 Å². The van der Waals surface area contributed by atoms with E-state index in [1.807, 2.05) is 25.1 Å². The van der Waals surface area contributed by atoms with Gasteiger partial charge in [-0.1, -0.05) is 27.3 Å². The first-order valence-electron chi connectivity index (χ1n) is 6.62. The monoisotopic (exact) mass is 366 g/mol. The average molecular weight is 367 g/mol. The van der Waals surface area contributed by atoms with Crippen LogP contribution in [0.25, 0.3) is 0 Å². The van der Waals surface area contributed by atoms with Crippen LogP contribution in [0, 0.1) is 6.92 Å². The van der Waals surface area contributed by atoms with Gasteiger partial charge < -0.3 is 16.4 Å². The largest absolute Gasteiger partial charge is 0.382 e. The Morgan fingerprint density at radius 1 is 1.43 bits per heavy atom. The third-order valence-electron chi connectivity index (χ3n) is 3.06. The molecule has 4 N–H and O–H groups in total. The second-order valence-corrected chi connectivity index (χ2v) is 7.04. The van der Waals surface area contributed by atoms with Crippen LogP contribution >= 0.6 is 27.3 Å². The van der Waals surface area contributed by atoms with Gasteiger partial charge in [0.25, 0.3) is 5.91 Å². The molecule has 21 heavy (non-hydrogen) atoms. The van der Waals surface area contributed by atoms with Crippen LogP contribution in [0.3, 0.4) is 0 Å². The number of aryl methyl sites for hydroxylation is 1. The molecule has 1 aromatic carbocycles. The summed E-state index contributed by atoms with van der Waals surface area (Å²) < 4.78 is 0.922. The molecule has 5 nitrogen and oxygen atoms in total. The predicted molar refractivity (Wildman–Crippen MR) is 90.0 cm³/mol. The predicted octanol–water partition coefficient (Wildman–Crippen LogP) is 3.62. The van der Waals surface area contributed by atoms with Gasteiger partial charge in [0.2, 0.25) is 0 Å². The fourth-order valence-electron chi connectivity index (χ4n) is 1.96. The molecule has 1 heterocycles. The molecule has 1 fully saturated rings. The van der Waals surface area contributed by atoms with Gasteiger partial charge in [0, 0.05) is 16.2 Å². The fourth-order valence-corrected chi connectivity index (χ4v) is 3.42. The zero-order valence-electron chi connectivity index (χ0n) is 11.4. The number of nitrogens with two attached hydrogens (primary N) is 1. The third-order valence-corrected chi connectivity index (χ3v) is 4.52. The van der Waals surface area contributed by atoms with E-state index in [4.69, 9.17) is 5.73 Å². The molecule has 1 amide bonds. The summed E-state index contributed by atoms with van der Waals surface area (Å²) in [6.07, 6.45) is 2.30. The summed E-state index contributed by atoms with van der Waals surface area (Å²) in [7, 11) is 0. The summed E-state index contributed by atoms with van der Waals surface area (Å²) in [6.45, 7) is 1.97. The second kappa shape index (κ2) is 5.65. The summed E-state index contributed by atoms with van der Waals surface area (Å²) in [5.74, 6) is 0.0405. The van der Waals surface area contributed by atoms with E-state index in [2.05, 4.69) is 31.5 Å². The number of amides is 1. The first-order chi connectivity index (χ1) is 10.0. The number of benzene rings is 1. The van der Waals surface area contributed by atoms with Gasteiger partial charge in [-0.2, -0.15) is 0 Å². The van der Waals surface area contributed by atoms with Crippen molar-refractivity contribution >= 4 is 49.8 Å². The summed E-state index contributed by atoms with van der Waals surface area (Å²) in [6, 6.07) is 6.22. The second-order valence-electron chi connectivity index (χ2n) is 5.12. The number of aromatic nitrogens is 1. The molecule has 0 spiro atoms. The smallest absolute Gasteiger partial charge is 0.269 e. The fraction of sp³-hybridized carbons (Fsp3) is 0.286. The molecule has 7 heteroatoms. The minimum absolute atomic E-state index is 0.230. The van der Waals surface area contributed by atoms with Crippen molar-refractivity contribution in [3.63, 3.8) is 0 Å². The molecule has 0 bridgehead atoms. The van der Waals surface area contributed by atoms with E-state index < -0.39 is 0 Å². The van der Waals surface area contributed by atoms with E-state index >= 15 is 0 Å². The van der Waals surface area contributed by atoms with Crippen LogP contribution in [0.4, 0.5) is 16.6 Å². The zero-order chi connectivity index (χ0) is 15.0. The highest BCUT2D eigenvalue weighted by atomic mass is 79.9. The van der Waals surface area contributed by atoms with Crippen LogP contribution in [-0.4, -0.2) is 16.9 Å². The molecule has 1 saturated carbocycles. The van der Waals surface area contributed by atoms with Crippen LogP contribution in [-0.2, 0) is 0 Å². The molecule has 0 saturated heterocycles. The van der Waals surface area contributed by atoms with E-state index in [9.17, 15) is 4.79 Å². The van der Waals surface area contributed by atoms with Gasteiger partial charge in [0.15, 0.2) is 5.13 Å². The Morgan fingerprint density at radius 2 is 2.19 bits per heavy atom. The lowest BCUT2D eigenvalue weighted by molar-refractivity contribution is 0.103. The number of rotatable bonds is 4. The maximum atomic E-state index is 12.3. The molecule has 0 aliphatic heterocycles. The van der Waals surface area contributed by atoms with E-state index in [0.29, 0.717) is 16.1 Å². The van der Waals surface area contributed by atoms with Crippen LogP contribution in [0.5, 0.6) is 0 Å². The van der Waals surface area contributed by atoms with Crippen molar-refractivity contribution in [2.75, 3.05) is 16.4 Å².